The summed E-state index contributed by atoms with van der Waals surface area (Å²) in [4.78, 5) is 15.5. The minimum absolute atomic E-state index is 0.0711. The minimum Gasteiger partial charge on any atom is -0.361 e. The van der Waals surface area contributed by atoms with E-state index >= 15 is 0 Å². The van der Waals surface area contributed by atoms with Gasteiger partial charge in [-0.2, -0.15) is 4.68 Å². The third-order valence-corrected chi connectivity index (χ3v) is 5.97. The molecule has 0 unspecified atom stereocenters. The fourth-order valence-electron chi connectivity index (χ4n) is 2.89. The first-order valence-corrected chi connectivity index (χ1v) is 10.9. The van der Waals surface area contributed by atoms with Crippen molar-refractivity contribution >= 4 is 56.1 Å². The first-order valence-electron chi connectivity index (χ1n) is 8.79. The molecule has 0 aliphatic rings. The third-order valence-electron chi connectivity index (χ3n) is 4.29. The van der Waals surface area contributed by atoms with Gasteiger partial charge in [-0.3, -0.25) is 4.79 Å². The van der Waals surface area contributed by atoms with E-state index in [9.17, 15) is 4.79 Å². The molecule has 0 spiro atoms. The monoisotopic (exact) mass is 490 g/mol. The van der Waals surface area contributed by atoms with Crippen LogP contribution in [0, 0.1) is 0 Å². The number of H-pyrrole nitrogens is 1. The number of hydrogen-bond donors (Lipinski definition) is 2. The highest BCUT2D eigenvalue weighted by Gasteiger charge is 2.12. The highest BCUT2D eigenvalue weighted by Crippen LogP contribution is 2.23. The summed E-state index contributed by atoms with van der Waals surface area (Å²) in [6.07, 6.45) is 2.67. The summed E-state index contributed by atoms with van der Waals surface area (Å²) in [6.45, 7) is 0.538. The van der Waals surface area contributed by atoms with Gasteiger partial charge in [0, 0.05) is 33.1 Å². The smallest absolute Gasteiger partial charge is 0.230 e. The van der Waals surface area contributed by atoms with Crippen LogP contribution in [0.4, 0.5) is 0 Å². The molecule has 148 valence electrons. The van der Waals surface area contributed by atoms with Crippen LogP contribution in [-0.2, 0) is 11.2 Å². The van der Waals surface area contributed by atoms with E-state index in [1.54, 1.807) is 4.68 Å². The maximum absolute atomic E-state index is 12.2. The number of benzene rings is 2. The van der Waals surface area contributed by atoms with E-state index < -0.39 is 0 Å². The highest BCUT2D eigenvalue weighted by atomic mass is 79.9. The summed E-state index contributed by atoms with van der Waals surface area (Å²) in [5, 5.41) is 17.0. The van der Waals surface area contributed by atoms with Crippen LogP contribution in [0.1, 0.15) is 5.56 Å². The summed E-state index contributed by atoms with van der Waals surface area (Å²) in [7, 11) is 0. The van der Waals surface area contributed by atoms with E-state index in [0.29, 0.717) is 23.1 Å². The number of rotatable bonds is 7. The van der Waals surface area contributed by atoms with Crippen LogP contribution in [-0.4, -0.2) is 43.4 Å². The number of tetrazole rings is 1. The Balaban J connectivity index is 1.30. The first-order chi connectivity index (χ1) is 14.1. The summed E-state index contributed by atoms with van der Waals surface area (Å²) in [5.41, 5.74) is 2.99. The van der Waals surface area contributed by atoms with E-state index in [0.717, 1.165) is 26.6 Å². The molecule has 2 aromatic heterocycles. The van der Waals surface area contributed by atoms with Crippen molar-refractivity contribution < 1.29 is 4.79 Å². The Bertz CT molecular complexity index is 1140. The van der Waals surface area contributed by atoms with Crippen molar-refractivity contribution in [3.05, 3.63) is 63.7 Å². The number of fused-ring (bicyclic) bond motifs is 1. The zero-order valence-corrected chi connectivity index (χ0v) is 18.3. The molecule has 0 saturated heterocycles. The van der Waals surface area contributed by atoms with Crippen LogP contribution < -0.4 is 5.32 Å². The lowest BCUT2D eigenvalue weighted by atomic mass is 10.1. The lowest BCUT2D eigenvalue weighted by molar-refractivity contribution is -0.118. The van der Waals surface area contributed by atoms with Crippen molar-refractivity contribution in [3.8, 4) is 5.69 Å². The molecule has 10 heteroatoms. The number of aromatic nitrogens is 5. The molecule has 1 amide bonds. The number of halogens is 2. The number of thioether (sulfide) groups is 1. The predicted octanol–water partition coefficient (Wildman–Crippen LogP) is 4.01. The summed E-state index contributed by atoms with van der Waals surface area (Å²) in [6, 6.07) is 13.4. The standard InChI is InChI=1S/C19H16BrClN6OS/c20-13-1-4-15(5-2-13)27-19(24-25-26-27)29-11-18(28)22-8-7-12-10-23-17-6-3-14(21)9-16(12)17/h1-6,9-10,23H,7-8,11H2,(H,22,28). The number of hydrogen-bond acceptors (Lipinski definition) is 5. The molecule has 0 atom stereocenters. The third kappa shape index (κ3) is 4.80. The Hall–Kier alpha value is -2.36. The van der Waals surface area contributed by atoms with Crippen LogP contribution in [0.15, 0.2) is 58.3 Å². The topological polar surface area (TPSA) is 88.5 Å². The number of nitrogens with one attached hydrogen (secondary N) is 2. The molecule has 29 heavy (non-hydrogen) atoms. The average Bonchev–Trinajstić information content (AvgIpc) is 3.34. The molecule has 0 radical (unpaired) electrons. The summed E-state index contributed by atoms with van der Waals surface area (Å²) in [5.74, 6) is 0.162. The Morgan fingerprint density at radius 3 is 2.90 bits per heavy atom. The number of aromatic amines is 1. The minimum atomic E-state index is -0.0711. The van der Waals surface area contributed by atoms with Gasteiger partial charge in [-0.05, 0) is 64.9 Å². The number of carbonyl (C=O) groups excluding carboxylic acids is 1. The molecule has 0 bridgehead atoms. The largest absolute Gasteiger partial charge is 0.361 e. The molecule has 4 rings (SSSR count). The van der Waals surface area contributed by atoms with E-state index in [1.807, 2.05) is 48.7 Å². The van der Waals surface area contributed by atoms with Gasteiger partial charge >= 0.3 is 0 Å². The van der Waals surface area contributed by atoms with E-state index in [2.05, 4.69) is 41.8 Å². The van der Waals surface area contributed by atoms with Crippen LogP contribution in [0.2, 0.25) is 5.02 Å². The van der Waals surface area contributed by atoms with Crippen molar-refractivity contribution in [1.82, 2.24) is 30.5 Å². The molecular weight excluding hydrogens is 476 g/mol. The van der Waals surface area contributed by atoms with Gasteiger partial charge in [-0.15, -0.1) is 5.10 Å². The van der Waals surface area contributed by atoms with Gasteiger partial charge < -0.3 is 10.3 Å². The van der Waals surface area contributed by atoms with Gasteiger partial charge in [0.15, 0.2) is 0 Å². The molecule has 4 aromatic rings. The van der Waals surface area contributed by atoms with Gasteiger partial charge in [0.1, 0.15) is 0 Å². The fraction of sp³-hybridized carbons (Fsp3) is 0.158. The molecule has 2 N–H and O–H groups in total. The lowest BCUT2D eigenvalue weighted by Gasteiger charge is -2.06. The highest BCUT2D eigenvalue weighted by molar-refractivity contribution is 9.10. The van der Waals surface area contributed by atoms with Gasteiger partial charge in [0.25, 0.3) is 0 Å². The molecule has 0 fully saturated rings. The van der Waals surface area contributed by atoms with E-state index in [1.165, 1.54) is 11.8 Å². The second-order valence-electron chi connectivity index (χ2n) is 6.24. The van der Waals surface area contributed by atoms with E-state index in [-0.39, 0.29) is 11.7 Å². The molecule has 2 heterocycles. The molecular formula is C19H16BrClN6OS. The number of nitrogens with zero attached hydrogens (tertiary/aromatic N) is 4. The normalized spacial score (nSPS) is 11.1. The maximum atomic E-state index is 12.2. The first kappa shape index (κ1) is 19.9. The Kier molecular flexibility index (Phi) is 6.17. The van der Waals surface area contributed by atoms with Crippen molar-refractivity contribution in [2.45, 2.75) is 11.6 Å². The van der Waals surface area contributed by atoms with Crippen molar-refractivity contribution in [2.24, 2.45) is 0 Å². The lowest BCUT2D eigenvalue weighted by Crippen LogP contribution is -2.27. The Morgan fingerprint density at radius 1 is 1.24 bits per heavy atom. The molecule has 0 saturated carbocycles. The molecule has 7 nitrogen and oxygen atoms in total. The van der Waals surface area contributed by atoms with Crippen LogP contribution in [0.5, 0.6) is 0 Å². The zero-order valence-electron chi connectivity index (χ0n) is 15.1. The summed E-state index contributed by atoms with van der Waals surface area (Å²) >= 11 is 10.8. The quantitative estimate of drug-likeness (QED) is 0.381. The molecule has 2 aromatic carbocycles. The zero-order chi connectivity index (χ0) is 20.2. The van der Waals surface area contributed by atoms with Crippen LogP contribution >= 0.6 is 39.3 Å². The number of amides is 1. The predicted molar refractivity (Wildman–Crippen MR) is 118 cm³/mol. The second kappa shape index (κ2) is 8.98. The molecule has 0 aliphatic carbocycles. The Labute approximate surface area is 184 Å². The Morgan fingerprint density at radius 2 is 2.07 bits per heavy atom. The van der Waals surface area contributed by atoms with Gasteiger partial charge in [-0.1, -0.05) is 39.3 Å². The average molecular weight is 492 g/mol. The number of carbonyl (C=O) groups is 1. The SMILES string of the molecule is O=C(CSc1nnnn1-c1ccc(Br)cc1)NCCc1c[nH]c2ccc(Cl)cc12. The summed E-state index contributed by atoms with van der Waals surface area (Å²) < 4.78 is 2.58. The molecule has 0 aliphatic heterocycles. The van der Waals surface area contributed by atoms with Crippen molar-refractivity contribution in [3.63, 3.8) is 0 Å². The van der Waals surface area contributed by atoms with Gasteiger partial charge in [-0.25, -0.2) is 0 Å². The van der Waals surface area contributed by atoms with Gasteiger partial charge in [0.2, 0.25) is 11.1 Å². The maximum Gasteiger partial charge on any atom is 0.230 e. The fourth-order valence-corrected chi connectivity index (χ4v) is 4.05. The van der Waals surface area contributed by atoms with Crippen molar-refractivity contribution in [2.75, 3.05) is 12.3 Å². The van der Waals surface area contributed by atoms with Crippen molar-refractivity contribution in [1.29, 1.82) is 0 Å². The van der Waals surface area contributed by atoms with Crippen LogP contribution in [0.3, 0.4) is 0 Å². The van der Waals surface area contributed by atoms with E-state index in [4.69, 9.17) is 11.6 Å². The second-order valence-corrected chi connectivity index (χ2v) is 8.54. The van der Waals surface area contributed by atoms with Gasteiger partial charge in [0.05, 0.1) is 11.4 Å². The van der Waals surface area contributed by atoms with Crippen LogP contribution in [0.25, 0.3) is 16.6 Å².